The number of hydrogen-bond acceptors (Lipinski definition) is 8. The van der Waals surface area contributed by atoms with E-state index < -0.39 is 36.3 Å². The van der Waals surface area contributed by atoms with Crippen LogP contribution in [0.2, 0.25) is 0 Å². The SMILES string of the molecule is Cc1c2ncc3c(nc(C4CC4C[C@@]45CCCN4CC(C(F)F)C5)nc13)N1CC(F)CC(C)(C1)NC(=O)OCCCc1c(F)ccc3c1=C2CC(O)C=3. The molecule has 7 heterocycles. The molecule has 1 amide bonds. The van der Waals surface area contributed by atoms with Crippen LogP contribution in [0.4, 0.5) is 28.2 Å². The minimum Gasteiger partial charge on any atom is -0.450 e. The third-order valence-corrected chi connectivity index (χ3v) is 12.9. The van der Waals surface area contributed by atoms with Crippen molar-refractivity contribution in [2.75, 3.05) is 37.7 Å². The number of nitrogens with one attached hydrogen (secondary N) is 1. The number of halogens is 4. The molecule has 2 aliphatic carbocycles. The quantitative estimate of drug-likeness (QED) is 0.369. The molecule has 282 valence electrons. The van der Waals surface area contributed by atoms with Crippen LogP contribution in [0.1, 0.15) is 86.9 Å². The zero-order valence-corrected chi connectivity index (χ0v) is 30.2. The van der Waals surface area contributed by atoms with Crippen LogP contribution in [0.15, 0.2) is 18.3 Å². The average Bonchev–Trinajstić information content (AvgIpc) is 3.60. The number of aromatic nitrogens is 3. The molecule has 5 aliphatic heterocycles. The van der Waals surface area contributed by atoms with Gasteiger partial charge in [0, 0.05) is 55.1 Å². The second-order valence-corrected chi connectivity index (χ2v) is 16.8. The Hall–Kier alpha value is -3.84. The summed E-state index contributed by atoms with van der Waals surface area (Å²) in [5, 5.41) is 15.9. The summed E-state index contributed by atoms with van der Waals surface area (Å²) < 4.78 is 64.7. The van der Waals surface area contributed by atoms with Crippen LogP contribution in [0.3, 0.4) is 0 Å². The number of alkyl halides is 3. The number of piperidine rings is 1. The highest BCUT2D eigenvalue weighted by Gasteiger charge is 2.55. The highest BCUT2D eigenvalue weighted by molar-refractivity contribution is 5.93. The first-order chi connectivity index (χ1) is 25.4. The van der Waals surface area contributed by atoms with Gasteiger partial charge in [0.1, 0.15) is 23.6 Å². The number of rotatable bonds is 4. The first-order valence-corrected chi connectivity index (χ1v) is 19.2. The van der Waals surface area contributed by atoms with E-state index in [9.17, 15) is 18.7 Å². The number of hydrogen-bond donors (Lipinski definition) is 2. The van der Waals surface area contributed by atoms with E-state index >= 15 is 8.78 Å². The van der Waals surface area contributed by atoms with Crippen LogP contribution in [-0.2, 0) is 11.2 Å². The van der Waals surface area contributed by atoms with Crippen molar-refractivity contribution in [1.29, 1.82) is 0 Å². The Morgan fingerprint density at radius 3 is 2.85 bits per heavy atom. The summed E-state index contributed by atoms with van der Waals surface area (Å²) in [5.74, 6) is 0.409. The summed E-state index contributed by atoms with van der Waals surface area (Å²) in [4.78, 5) is 32.6. The summed E-state index contributed by atoms with van der Waals surface area (Å²) in [7, 11) is 0. The lowest BCUT2D eigenvalue weighted by Gasteiger charge is -2.43. The molecular formula is C40H46F4N6O3. The Labute approximate surface area is 305 Å². The van der Waals surface area contributed by atoms with E-state index in [0.29, 0.717) is 69.2 Å². The van der Waals surface area contributed by atoms with Gasteiger partial charge in [-0.3, -0.25) is 9.88 Å². The summed E-state index contributed by atoms with van der Waals surface area (Å²) in [5.41, 5.74) is 1.99. The highest BCUT2D eigenvalue weighted by Crippen LogP contribution is 2.56. The lowest BCUT2D eigenvalue weighted by molar-refractivity contribution is 0.0797. The number of fused-ring (bicyclic) bond motifs is 7. The summed E-state index contributed by atoms with van der Waals surface area (Å²) in [6, 6.07) is 3.08. The van der Waals surface area contributed by atoms with E-state index in [1.165, 1.54) is 6.07 Å². The van der Waals surface area contributed by atoms with Crippen molar-refractivity contribution in [3.63, 3.8) is 0 Å². The van der Waals surface area contributed by atoms with Gasteiger partial charge in [0.15, 0.2) is 0 Å². The van der Waals surface area contributed by atoms with Gasteiger partial charge >= 0.3 is 6.09 Å². The van der Waals surface area contributed by atoms with E-state index in [1.807, 2.05) is 11.8 Å². The molecule has 3 aromatic rings. The molecule has 1 aromatic carbocycles. The average molecular weight is 735 g/mol. The predicted molar refractivity (Wildman–Crippen MR) is 191 cm³/mol. The molecule has 2 N–H and O–H groups in total. The third kappa shape index (κ3) is 6.15. The zero-order chi connectivity index (χ0) is 36.8. The number of anilines is 1. The lowest BCUT2D eigenvalue weighted by atomic mass is 9.85. The van der Waals surface area contributed by atoms with Gasteiger partial charge in [-0.1, -0.05) is 6.07 Å². The molecule has 53 heavy (non-hydrogen) atoms. The molecule has 6 bridgehead atoms. The Balaban J connectivity index is 1.19. The maximum absolute atomic E-state index is 15.7. The largest absolute Gasteiger partial charge is 0.450 e. The molecule has 0 radical (unpaired) electrons. The molecule has 10 rings (SSSR count). The number of alkyl carbamates (subject to hydrolysis) is 1. The first-order valence-electron chi connectivity index (χ1n) is 19.2. The second kappa shape index (κ2) is 12.9. The van der Waals surface area contributed by atoms with Crippen molar-refractivity contribution in [1.82, 2.24) is 25.2 Å². The van der Waals surface area contributed by atoms with Crippen LogP contribution >= 0.6 is 0 Å². The minimum absolute atomic E-state index is 0.0105. The van der Waals surface area contributed by atoms with E-state index in [0.717, 1.165) is 37.8 Å². The van der Waals surface area contributed by atoms with Crippen molar-refractivity contribution < 1.29 is 32.2 Å². The van der Waals surface area contributed by atoms with E-state index in [4.69, 9.17) is 19.7 Å². The third-order valence-electron chi connectivity index (χ3n) is 12.9. The van der Waals surface area contributed by atoms with Crippen LogP contribution < -0.4 is 20.7 Å². The first kappa shape index (κ1) is 34.9. The fraction of sp³-hybridized carbons (Fsp3) is 0.600. The number of pyridine rings is 1. The topological polar surface area (TPSA) is 104 Å². The number of carbonyl (C=O) groups is 1. The fourth-order valence-electron chi connectivity index (χ4n) is 10.5. The van der Waals surface area contributed by atoms with Gasteiger partial charge in [-0.2, -0.15) is 0 Å². The van der Waals surface area contributed by atoms with Gasteiger partial charge in [0.05, 0.1) is 41.4 Å². The van der Waals surface area contributed by atoms with Gasteiger partial charge in [-0.25, -0.2) is 32.3 Å². The second-order valence-electron chi connectivity index (χ2n) is 16.8. The van der Waals surface area contributed by atoms with E-state index in [-0.39, 0.29) is 62.2 Å². The summed E-state index contributed by atoms with van der Waals surface area (Å²) in [6.07, 6.45) is 3.43. The van der Waals surface area contributed by atoms with Crippen LogP contribution in [0.25, 0.3) is 22.6 Å². The van der Waals surface area contributed by atoms with Crippen molar-refractivity contribution in [2.24, 2.45) is 11.8 Å². The molecule has 4 fully saturated rings. The zero-order valence-electron chi connectivity index (χ0n) is 30.2. The number of aliphatic hydroxyl groups is 1. The molecule has 9 nitrogen and oxygen atoms in total. The molecule has 3 saturated heterocycles. The number of nitrogens with zero attached hydrogens (tertiary/aromatic N) is 5. The number of carbonyl (C=O) groups excluding carboxylic acids is 1. The maximum Gasteiger partial charge on any atom is 0.407 e. The normalized spacial score (nSPS) is 32.8. The Morgan fingerprint density at radius 1 is 1.17 bits per heavy atom. The molecule has 1 saturated carbocycles. The van der Waals surface area contributed by atoms with Gasteiger partial charge in [-0.15, -0.1) is 0 Å². The van der Waals surface area contributed by atoms with Crippen molar-refractivity contribution in [3.05, 3.63) is 57.2 Å². The molecule has 2 aromatic heterocycles. The minimum atomic E-state index is -2.32. The Bertz CT molecular complexity index is 2120. The fourth-order valence-corrected chi connectivity index (χ4v) is 10.5. The molecule has 6 unspecified atom stereocenters. The van der Waals surface area contributed by atoms with Gasteiger partial charge < -0.3 is 20.1 Å². The van der Waals surface area contributed by atoms with Gasteiger partial charge in [0.2, 0.25) is 6.43 Å². The molecule has 13 heteroatoms. The Morgan fingerprint density at radius 2 is 2.02 bits per heavy atom. The number of ether oxygens (including phenoxy) is 1. The summed E-state index contributed by atoms with van der Waals surface area (Å²) in [6.45, 7) is 5.41. The van der Waals surface area contributed by atoms with Gasteiger partial charge in [-0.05, 0) is 105 Å². The molecule has 7 atom stereocenters. The van der Waals surface area contributed by atoms with Crippen LogP contribution in [0, 0.1) is 24.6 Å². The number of amides is 1. The molecule has 0 spiro atoms. The van der Waals surface area contributed by atoms with Crippen molar-refractivity contribution >= 4 is 34.5 Å². The number of aliphatic hydroxyl groups excluding tert-OH is 1. The summed E-state index contributed by atoms with van der Waals surface area (Å²) >= 11 is 0. The van der Waals surface area contributed by atoms with Crippen molar-refractivity contribution in [3.8, 4) is 0 Å². The molecular weight excluding hydrogens is 688 g/mol. The molecule has 7 aliphatic rings. The monoisotopic (exact) mass is 734 g/mol. The number of aryl methyl sites for hydroxylation is 1. The van der Waals surface area contributed by atoms with E-state index in [1.54, 1.807) is 25.3 Å². The number of benzene rings is 1. The van der Waals surface area contributed by atoms with E-state index in [2.05, 4.69) is 10.2 Å². The van der Waals surface area contributed by atoms with Crippen molar-refractivity contribution in [2.45, 2.75) is 107 Å². The maximum atomic E-state index is 15.7. The highest BCUT2D eigenvalue weighted by atomic mass is 19.3. The standard InChI is InChI=1S/C40H46F4N6O3/c1-21-33-29-13-26(51)11-22-6-7-31(42)27(32(22)29)5-3-10-53-38(52)48-39(2)16-25(41)19-49(20-39)37-30(17-45-33)34(21)46-36(47-37)28-12-23(28)14-40-8-4-9-50(40)18-24(15-40)35(43)44/h6-7,11,17,23-26,28,35,51H,3-5,8-10,12-16,18-20H2,1-2H3,(H,48,52)/t23?,24?,25?,26?,28?,39?,40-/m1/s1. The van der Waals surface area contributed by atoms with Gasteiger partial charge in [0.25, 0.3) is 0 Å². The Kier molecular flexibility index (Phi) is 8.49. The van der Waals surface area contributed by atoms with Crippen LogP contribution in [0.5, 0.6) is 0 Å². The predicted octanol–water partition coefficient (Wildman–Crippen LogP) is 4.81. The van der Waals surface area contributed by atoms with Crippen LogP contribution in [-0.4, -0.2) is 93.6 Å². The lowest BCUT2D eigenvalue weighted by Crippen LogP contribution is -2.60. The smallest absolute Gasteiger partial charge is 0.407 e.